The molecule has 9 heteroatoms. The van der Waals surface area contributed by atoms with E-state index < -0.39 is 12.6 Å². The normalized spacial score (nSPS) is 11.2. The SMILES string of the molecule is COCCn1c(C)cc(/C=C(\C#N)C(=O)OCC(=O)c2ccc(CCNC(C)=O)s2)c1C. The molecule has 2 aromatic heterocycles. The molecule has 0 saturated carbocycles. The average Bonchev–Trinajstić information content (AvgIpc) is 3.33. The van der Waals surface area contributed by atoms with Crippen molar-refractivity contribution in [2.45, 2.75) is 33.7 Å². The Bertz CT molecular complexity index is 1060. The summed E-state index contributed by atoms with van der Waals surface area (Å²) in [6.07, 6.45) is 2.09. The number of hydrogen-bond donors (Lipinski definition) is 1. The van der Waals surface area contributed by atoms with Gasteiger partial charge in [0.15, 0.2) is 6.61 Å². The van der Waals surface area contributed by atoms with Gasteiger partial charge in [-0.25, -0.2) is 4.79 Å². The molecular formula is C23H27N3O5S. The van der Waals surface area contributed by atoms with Crippen LogP contribution in [0, 0.1) is 25.2 Å². The first-order chi connectivity index (χ1) is 15.3. The number of hydrogen-bond acceptors (Lipinski definition) is 7. The molecule has 170 valence electrons. The fourth-order valence-corrected chi connectivity index (χ4v) is 4.03. The van der Waals surface area contributed by atoms with E-state index in [0.717, 1.165) is 21.8 Å². The molecule has 0 fully saturated rings. The van der Waals surface area contributed by atoms with Gasteiger partial charge in [-0.2, -0.15) is 5.26 Å². The van der Waals surface area contributed by atoms with Gasteiger partial charge in [0, 0.05) is 43.4 Å². The third-order valence-corrected chi connectivity index (χ3v) is 5.97. The first kappa shape index (κ1) is 25.0. The fraction of sp³-hybridized carbons (Fsp3) is 0.391. The molecule has 2 aromatic rings. The first-order valence-electron chi connectivity index (χ1n) is 10.1. The van der Waals surface area contributed by atoms with E-state index in [0.29, 0.717) is 31.0 Å². The number of aromatic nitrogens is 1. The minimum atomic E-state index is -0.843. The van der Waals surface area contributed by atoms with Crippen molar-refractivity contribution in [2.24, 2.45) is 0 Å². The van der Waals surface area contributed by atoms with Gasteiger partial charge in [0.25, 0.3) is 0 Å². The molecule has 0 aliphatic carbocycles. The lowest BCUT2D eigenvalue weighted by Crippen LogP contribution is -2.22. The standard InChI is InChI=1S/C23H27N3O5S/c1-15-11-18(16(2)26(15)9-10-30-4)12-19(13-24)23(29)31-14-21(28)22-6-5-20(32-22)7-8-25-17(3)27/h5-6,11-12H,7-10,14H2,1-4H3,(H,25,27)/b19-12+. The molecule has 0 spiro atoms. The number of aryl methyl sites for hydroxylation is 1. The van der Waals surface area contributed by atoms with Crippen molar-refractivity contribution >= 4 is 35.1 Å². The lowest BCUT2D eigenvalue weighted by Gasteiger charge is -2.08. The summed E-state index contributed by atoms with van der Waals surface area (Å²) in [6, 6.07) is 7.22. The van der Waals surface area contributed by atoms with Crippen molar-refractivity contribution in [3.8, 4) is 6.07 Å². The smallest absolute Gasteiger partial charge is 0.349 e. The maximum absolute atomic E-state index is 12.4. The summed E-state index contributed by atoms with van der Waals surface area (Å²) in [6.45, 7) is 6.54. The molecule has 0 atom stereocenters. The quantitative estimate of drug-likeness (QED) is 0.240. The van der Waals surface area contributed by atoms with Crippen LogP contribution in [-0.2, 0) is 32.0 Å². The van der Waals surface area contributed by atoms with E-state index in [-0.39, 0.29) is 17.3 Å². The Morgan fingerprint density at radius 3 is 2.69 bits per heavy atom. The van der Waals surface area contributed by atoms with Gasteiger partial charge in [-0.3, -0.25) is 9.59 Å². The third-order valence-electron chi connectivity index (χ3n) is 4.79. The molecule has 0 saturated heterocycles. The van der Waals surface area contributed by atoms with Crippen LogP contribution in [0.3, 0.4) is 0 Å². The lowest BCUT2D eigenvalue weighted by molar-refractivity contribution is -0.137. The zero-order valence-electron chi connectivity index (χ0n) is 18.7. The van der Waals surface area contributed by atoms with Crippen molar-refractivity contribution in [3.05, 3.63) is 50.5 Å². The van der Waals surface area contributed by atoms with Gasteiger partial charge in [-0.05, 0) is 50.1 Å². The number of nitrogens with one attached hydrogen (secondary N) is 1. The number of esters is 1. The van der Waals surface area contributed by atoms with Gasteiger partial charge in [0.1, 0.15) is 11.6 Å². The Morgan fingerprint density at radius 1 is 1.28 bits per heavy atom. The van der Waals surface area contributed by atoms with Gasteiger partial charge in [0.2, 0.25) is 11.7 Å². The number of ketones is 1. The number of nitrogens with zero attached hydrogens (tertiary/aromatic N) is 2. The Hall–Kier alpha value is -3.22. The summed E-state index contributed by atoms with van der Waals surface area (Å²) in [7, 11) is 1.63. The number of rotatable bonds is 11. The number of amides is 1. The van der Waals surface area contributed by atoms with E-state index in [9.17, 15) is 19.6 Å². The molecule has 0 aliphatic rings. The van der Waals surface area contributed by atoms with Crippen molar-refractivity contribution in [1.29, 1.82) is 5.26 Å². The van der Waals surface area contributed by atoms with Gasteiger partial charge >= 0.3 is 5.97 Å². The Labute approximate surface area is 191 Å². The maximum atomic E-state index is 12.4. The highest BCUT2D eigenvalue weighted by atomic mass is 32.1. The highest BCUT2D eigenvalue weighted by molar-refractivity contribution is 7.14. The van der Waals surface area contributed by atoms with Crippen LogP contribution in [0.15, 0.2) is 23.8 Å². The van der Waals surface area contributed by atoms with Crippen LogP contribution in [0.2, 0.25) is 0 Å². The molecule has 1 amide bonds. The van der Waals surface area contributed by atoms with E-state index in [4.69, 9.17) is 9.47 Å². The van der Waals surface area contributed by atoms with Gasteiger partial charge in [0.05, 0.1) is 11.5 Å². The number of carbonyl (C=O) groups excluding carboxylic acids is 3. The minimum absolute atomic E-state index is 0.108. The molecule has 0 bridgehead atoms. The van der Waals surface area contributed by atoms with Crippen LogP contribution >= 0.6 is 11.3 Å². The number of methoxy groups -OCH3 is 1. The number of ether oxygens (including phenoxy) is 2. The maximum Gasteiger partial charge on any atom is 0.349 e. The summed E-state index contributed by atoms with van der Waals surface area (Å²) in [4.78, 5) is 37.1. The lowest BCUT2D eigenvalue weighted by atomic mass is 10.1. The molecular weight excluding hydrogens is 430 g/mol. The molecule has 32 heavy (non-hydrogen) atoms. The van der Waals surface area contributed by atoms with Gasteiger partial charge in [-0.15, -0.1) is 11.3 Å². The van der Waals surface area contributed by atoms with E-state index in [1.807, 2.05) is 36.6 Å². The molecule has 0 unspecified atom stereocenters. The molecule has 0 radical (unpaired) electrons. The molecule has 2 heterocycles. The topological polar surface area (TPSA) is 110 Å². The van der Waals surface area contributed by atoms with Gasteiger partial charge < -0.3 is 19.4 Å². The summed E-state index contributed by atoms with van der Waals surface area (Å²) in [5, 5.41) is 12.1. The fourth-order valence-electron chi connectivity index (χ4n) is 3.10. The van der Waals surface area contributed by atoms with E-state index in [1.165, 1.54) is 24.3 Å². The second kappa shape index (κ2) is 12.0. The predicted octanol–water partition coefficient (Wildman–Crippen LogP) is 2.82. The van der Waals surface area contributed by atoms with E-state index in [1.54, 1.807) is 13.2 Å². The Morgan fingerprint density at radius 2 is 2.03 bits per heavy atom. The minimum Gasteiger partial charge on any atom is -0.453 e. The van der Waals surface area contributed by atoms with Crippen LogP contribution < -0.4 is 5.32 Å². The number of thiophene rings is 1. The zero-order valence-corrected chi connectivity index (χ0v) is 19.5. The molecule has 2 rings (SSSR count). The Balaban J connectivity index is 1.99. The Kier molecular flexibility index (Phi) is 9.38. The number of Topliss-reactive ketones (excluding diaryl/α,β-unsaturated/α-hetero) is 1. The largest absolute Gasteiger partial charge is 0.453 e. The summed E-state index contributed by atoms with van der Waals surface area (Å²) in [5.41, 5.74) is 2.45. The van der Waals surface area contributed by atoms with Crippen LogP contribution in [0.25, 0.3) is 6.08 Å². The molecule has 8 nitrogen and oxygen atoms in total. The van der Waals surface area contributed by atoms with E-state index in [2.05, 4.69) is 5.32 Å². The van der Waals surface area contributed by atoms with Crippen LogP contribution in [-0.4, -0.2) is 49.1 Å². The van der Waals surface area contributed by atoms with Crippen molar-refractivity contribution in [3.63, 3.8) is 0 Å². The van der Waals surface area contributed by atoms with Crippen LogP contribution in [0.4, 0.5) is 0 Å². The van der Waals surface area contributed by atoms with Crippen molar-refractivity contribution < 1.29 is 23.9 Å². The molecule has 0 aliphatic heterocycles. The second-order valence-electron chi connectivity index (χ2n) is 7.14. The molecule has 1 N–H and O–H groups in total. The molecule has 0 aromatic carbocycles. The van der Waals surface area contributed by atoms with Crippen molar-refractivity contribution in [2.75, 3.05) is 26.9 Å². The van der Waals surface area contributed by atoms with Gasteiger partial charge in [-0.1, -0.05) is 0 Å². The highest BCUT2D eigenvalue weighted by Crippen LogP contribution is 2.20. The number of nitriles is 1. The second-order valence-corrected chi connectivity index (χ2v) is 8.31. The summed E-state index contributed by atoms with van der Waals surface area (Å²) >= 11 is 1.29. The predicted molar refractivity (Wildman–Crippen MR) is 121 cm³/mol. The third kappa shape index (κ3) is 6.90. The van der Waals surface area contributed by atoms with Crippen LogP contribution in [0.5, 0.6) is 0 Å². The summed E-state index contributed by atoms with van der Waals surface area (Å²) in [5.74, 6) is -1.29. The highest BCUT2D eigenvalue weighted by Gasteiger charge is 2.17. The summed E-state index contributed by atoms with van der Waals surface area (Å²) < 4.78 is 12.2. The van der Waals surface area contributed by atoms with Crippen LogP contribution in [0.1, 0.15) is 38.4 Å². The first-order valence-corrected chi connectivity index (χ1v) is 10.9. The van der Waals surface area contributed by atoms with E-state index >= 15 is 0 Å². The number of carbonyl (C=O) groups is 3. The van der Waals surface area contributed by atoms with Crippen molar-refractivity contribution in [1.82, 2.24) is 9.88 Å². The monoisotopic (exact) mass is 457 g/mol. The average molecular weight is 458 g/mol. The zero-order chi connectivity index (χ0) is 23.7.